The Hall–Kier alpha value is -2.78. The molecule has 2 N–H and O–H groups in total. The van der Waals surface area contributed by atoms with Crippen LogP contribution in [0.2, 0.25) is 0 Å². The van der Waals surface area contributed by atoms with E-state index in [1.54, 1.807) is 30.8 Å². The first-order chi connectivity index (χ1) is 14.7. The van der Waals surface area contributed by atoms with Crippen LogP contribution >= 0.6 is 11.8 Å². The quantitative estimate of drug-likeness (QED) is 0.451. The van der Waals surface area contributed by atoms with Gasteiger partial charge < -0.3 is 10.3 Å². The van der Waals surface area contributed by atoms with E-state index in [9.17, 15) is 13.2 Å². The van der Waals surface area contributed by atoms with Crippen molar-refractivity contribution >= 4 is 49.5 Å². The number of rotatable bonds is 5. The molecule has 2 heterocycles. The molecule has 7 nitrogen and oxygen atoms in total. The van der Waals surface area contributed by atoms with E-state index in [4.69, 9.17) is 10.3 Å². The molecule has 4 aromatic rings. The number of primary amides is 1. The Morgan fingerprint density at radius 1 is 1.19 bits per heavy atom. The lowest BCUT2D eigenvalue weighted by molar-refractivity contribution is 0.100. The van der Waals surface area contributed by atoms with Gasteiger partial charge in [0, 0.05) is 21.2 Å². The second-order valence-corrected chi connectivity index (χ2v) is 10.8. The summed E-state index contributed by atoms with van der Waals surface area (Å²) >= 11 is 1.57. The second kappa shape index (κ2) is 6.86. The summed E-state index contributed by atoms with van der Waals surface area (Å²) in [6.45, 7) is 3.63. The lowest BCUT2D eigenvalue weighted by Gasteiger charge is -2.11. The number of hydrogen-bond donors (Lipinski definition) is 1. The SMILES string of the molecule is CSc1ccc2c(c1)c1cc(-c3c(C)noc3C)cc(C(N)=O)c1n2S(=O)(=O)C1CC1. The maximum atomic E-state index is 13.4. The number of fused-ring (bicyclic) bond motifs is 3. The Kier molecular flexibility index (Phi) is 4.46. The molecule has 2 aromatic carbocycles. The molecule has 31 heavy (non-hydrogen) atoms. The molecule has 0 saturated heterocycles. The molecule has 1 amide bonds. The van der Waals surface area contributed by atoms with E-state index < -0.39 is 21.2 Å². The van der Waals surface area contributed by atoms with Crippen molar-refractivity contribution in [2.24, 2.45) is 5.73 Å². The summed E-state index contributed by atoms with van der Waals surface area (Å²) in [6, 6.07) is 9.21. The summed E-state index contributed by atoms with van der Waals surface area (Å²) in [5.74, 6) is -0.0647. The maximum Gasteiger partial charge on any atom is 0.250 e. The Balaban J connectivity index is 1.99. The van der Waals surface area contributed by atoms with E-state index in [0.29, 0.717) is 40.7 Å². The van der Waals surface area contributed by atoms with Crippen molar-refractivity contribution in [3.8, 4) is 11.1 Å². The van der Waals surface area contributed by atoms with Gasteiger partial charge in [0.15, 0.2) is 0 Å². The highest BCUT2D eigenvalue weighted by molar-refractivity contribution is 7.98. The zero-order valence-electron chi connectivity index (χ0n) is 17.3. The van der Waals surface area contributed by atoms with Crippen LogP contribution in [-0.4, -0.2) is 35.0 Å². The van der Waals surface area contributed by atoms with Gasteiger partial charge in [0.1, 0.15) is 5.76 Å². The van der Waals surface area contributed by atoms with E-state index in [1.165, 1.54) is 3.97 Å². The van der Waals surface area contributed by atoms with Crippen LogP contribution in [0.1, 0.15) is 34.7 Å². The minimum atomic E-state index is -3.66. The van der Waals surface area contributed by atoms with E-state index in [-0.39, 0.29) is 5.56 Å². The van der Waals surface area contributed by atoms with Gasteiger partial charge >= 0.3 is 0 Å². The van der Waals surface area contributed by atoms with Gasteiger partial charge in [0.25, 0.3) is 5.91 Å². The van der Waals surface area contributed by atoms with E-state index in [0.717, 1.165) is 21.4 Å². The highest BCUT2D eigenvalue weighted by Gasteiger charge is 2.39. The summed E-state index contributed by atoms with van der Waals surface area (Å²) in [5, 5.41) is 5.02. The number of benzene rings is 2. The van der Waals surface area contributed by atoms with Gasteiger partial charge in [-0.05, 0) is 68.8 Å². The number of hydrogen-bond acceptors (Lipinski definition) is 6. The molecule has 160 valence electrons. The van der Waals surface area contributed by atoms with E-state index in [1.807, 2.05) is 31.4 Å². The lowest BCUT2D eigenvalue weighted by atomic mass is 9.98. The van der Waals surface area contributed by atoms with Crippen molar-refractivity contribution in [2.75, 3.05) is 6.26 Å². The van der Waals surface area contributed by atoms with Crippen molar-refractivity contribution in [2.45, 2.75) is 36.8 Å². The molecule has 5 rings (SSSR count). The maximum absolute atomic E-state index is 13.4. The summed E-state index contributed by atoms with van der Waals surface area (Å²) in [4.78, 5) is 13.5. The number of thioether (sulfide) groups is 1. The molecule has 0 spiro atoms. The number of amides is 1. The molecular weight excluding hydrogens is 434 g/mol. The van der Waals surface area contributed by atoms with Crippen LogP contribution in [-0.2, 0) is 10.0 Å². The van der Waals surface area contributed by atoms with Crippen molar-refractivity contribution in [3.05, 3.63) is 47.3 Å². The van der Waals surface area contributed by atoms with Crippen molar-refractivity contribution < 1.29 is 17.7 Å². The third-order valence-corrected chi connectivity index (χ3v) is 8.74. The summed E-state index contributed by atoms with van der Waals surface area (Å²) in [5.41, 5.74) is 9.00. The minimum Gasteiger partial charge on any atom is -0.366 e. The van der Waals surface area contributed by atoms with Gasteiger partial charge in [-0.3, -0.25) is 4.79 Å². The predicted octanol–water partition coefficient (Wildman–Crippen LogP) is 4.23. The van der Waals surface area contributed by atoms with Crippen molar-refractivity contribution in [1.29, 1.82) is 0 Å². The summed E-state index contributed by atoms with van der Waals surface area (Å²) in [6.07, 6.45) is 3.20. The molecule has 0 aliphatic heterocycles. The normalized spacial score (nSPS) is 14.5. The molecule has 0 bridgehead atoms. The van der Waals surface area contributed by atoms with E-state index in [2.05, 4.69) is 5.16 Å². The Labute approximate surface area is 183 Å². The molecule has 0 atom stereocenters. The molecule has 9 heteroatoms. The molecule has 1 aliphatic rings. The fraction of sp³-hybridized carbons (Fsp3) is 0.273. The van der Waals surface area contributed by atoms with Crippen LogP contribution in [0.4, 0.5) is 0 Å². The van der Waals surface area contributed by atoms with Crippen molar-refractivity contribution in [1.82, 2.24) is 9.13 Å². The highest BCUT2D eigenvalue weighted by Crippen LogP contribution is 2.41. The Morgan fingerprint density at radius 2 is 1.94 bits per heavy atom. The zero-order valence-corrected chi connectivity index (χ0v) is 18.9. The monoisotopic (exact) mass is 455 g/mol. The van der Waals surface area contributed by atoms with Crippen LogP contribution < -0.4 is 5.73 Å². The topological polar surface area (TPSA) is 108 Å². The molecule has 1 fully saturated rings. The highest BCUT2D eigenvalue weighted by atomic mass is 32.2. The molecule has 1 aliphatic carbocycles. The smallest absolute Gasteiger partial charge is 0.250 e. The Bertz CT molecular complexity index is 1480. The number of carbonyl (C=O) groups is 1. The summed E-state index contributed by atoms with van der Waals surface area (Å²) in [7, 11) is -3.66. The van der Waals surface area contributed by atoms with Crippen molar-refractivity contribution in [3.63, 3.8) is 0 Å². The van der Waals surface area contributed by atoms with Crippen LogP contribution in [0.5, 0.6) is 0 Å². The number of nitrogens with zero attached hydrogens (tertiary/aromatic N) is 2. The number of carbonyl (C=O) groups excluding carboxylic acids is 1. The second-order valence-electron chi connectivity index (χ2n) is 7.88. The van der Waals surface area contributed by atoms with Gasteiger partial charge in [0.2, 0.25) is 10.0 Å². The van der Waals surface area contributed by atoms with Gasteiger partial charge in [-0.25, -0.2) is 12.4 Å². The Morgan fingerprint density at radius 3 is 2.52 bits per heavy atom. The van der Waals surface area contributed by atoms with Gasteiger partial charge in [-0.2, -0.15) is 0 Å². The largest absolute Gasteiger partial charge is 0.366 e. The van der Waals surface area contributed by atoms with Crippen LogP contribution in [0.15, 0.2) is 39.8 Å². The van der Waals surface area contributed by atoms with Crippen LogP contribution in [0, 0.1) is 13.8 Å². The first kappa shape index (κ1) is 20.1. The first-order valence-electron chi connectivity index (χ1n) is 9.87. The molecule has 0 unspecified atom stereocenters. The van der Waals surface area contributed by atoms with E-state index >= 15 is 0 Å². The first-order valence-corrected chi connectivity index (χ1v) is 12.6. The average Bonchev–Trinajstić information content (AvgIpc) is 3.48. The third kappa shape index (κ3) is 2.98. The molecular formula is C22H21N3O4S2. The number of aromatic nitrogens is 2. The van der Waals surface area contributed by atoms with Gasteiger partial charge in [-0.1, -0.05) is 5.16 Å². The average molecular weight is 456 g/mol. The fourth-order valence-corrected chi connectivity index (χ4v) is 6.57. The summed E-state index contributed by atoms with van der Waals surface area (Å²) < 4.78 is 33.5. The third-order valence-electron chi connectivity index (χ3n) is 5.81. The van der Waals surface area contributed by atoms with Gasteiger partial charge in [-0.15, -0.1) is 11.8 Å². The number of nitrogens with two attached hydrogens (primary N) is 1. The molecule has 0 radical (unpaired) electrons. The van der Waals surface area contributed by atoms with Crippen LogP contribution in [0.25, 0.3) is 32.9 Å². The predicted molar refractivity (Wildman–Crippen MR) is 122 cm³/mol. The lowest BCUT2D eigenvalue weighted by Crippen LogP contribution is -2.20. The number of aryl methyl sites for hydroxylation is 2. The zero-order chi connectivity index (χ0) is 22.1. The molecule has 1 saturated carbocycles. The van der Waals surface area contributed by atoms with Gasteiger partial charge in [0.05, 0.1) is 27.5 Å². The fourth-order valence-electron chi connectivity index (χ4n) is 4.22. The van der Waals surface area contributed by atoms with Crippen LogP contribution in [0.3, 0.4) is 0 Å². The standard InChI is InChI=1S/C22H21N3O4S2/c1-11-20(12(2)29-24-11)13-8-17-16-10-14(30-3)4-7-19(16)25(31(27,28)15-5-6-15)21(17)18(9-13)22(23)26/h4,7-10,15H,5-6H2,1-3H3,(H2,23,26). The molecule has 2 aromatic heterocycles. The minimum absolute atomic E-state index is 0.165.